The van der Waals surface area contributed by atoms with Crippen LogP contribution in [0.2, 0.25) is 0 Å². The van der Waals surface area contributed by atoms with E-state index in [0.717, 1.165) is 18.8 Å². The summed E-state index contributed by atoms with van der Waals surface area (Å²) in [5.74, 6) is 0.775. The van der Waals surface area contributed by atoms with Crippen LogP contribution in [-0.2, 0) is 0 Å². The van der Waals surface area contributed by atoms with Gasteiger partial charge in [-0.1, -0.05) is 6.92 Å². The number of alkyl halides is 1. The molecule has 0 spiro atoms. The number of rotatable bonds is 8. The van der Waals surface area contributed by atoms with Gasteiger partial charge in [-0.2, -0.15) is 0 Å². The van der Waals surface area contributed by atoms with E-state index in [2.05, 4.69) is 17.1 Å². The molecular formula is C12H25ClN2. The van der Waals surface area contributed by atoms with E-state index in [1.807, 2.05) is 0 Å². The van der Waals surface area contributed by atoms with Crippen molar-refractivity contribution in [2.24, 2.45) is 0 Å². The molecular weight excluding hydrogens is 208 g/mol. The van der Waals surface area contributed by atoms with Crippen molar-refractivity contribution >= 4 is 11.6 Å². The second-order valence-corrected chi connectivity index (χ2v) is 4.82. The summed E-state index contributed by atoms with van der Waals surface area (Å²) in [7, 11) is 0. The first-order chi connectivity index (χ1) is 7.36. The minimum Gasteiger partial charge on any atom is -0.314 e. The highest BCUT2D eigenvalue weighted by atomic mass is 35.5. The van der Waals surface area contributed by atoms with Gasteiger partial charge >= 0.3 is 0 Å². The Balaban J connectivity index is 1.94. The van der Waals surface area contributed by atoms with Crippen molar-refractivity contribution in [2.75, 3.05) is 32.1 Å². The highest BCUT2D eigenvalue weighted by Gasteiger charge is 2.10. The van der Waals surface area contributed by atoms with Crippen LogP contribution in [-0.4, -0.2) is 43.0 Å². The molecule has 0 aromatic carbocycles. The Morgan fingerprint density at radius 1 is 1.33 bits per heavy atom. The van der Waals surface area contributed by atoms with Gasteiger partial charge in [0.05, 0.1) is 0 Å². The molecule has 1 aliphatic rings. The van der Waals surface area contributed by atoms with Gasteiger partial charge in [0.15, 0.2) is 0 Å². The highest BCUT2D eigenvalue weighted by Crippen LogP contribution is 2.07. The third-order valence-electron chi connectivity index (χ3n) is 3.23. The van der Waals surface area contributed by atoms with Crippen LogP contribution >= 0.6 is 11.6 Å². The van der Waals surface area contributed by atoms with Gasteiger partial charge in [-0.3, -0.25) is 0 Å². The lowest BCUT2D eigenvalue weighted by molar-refractivity contribution is 0.326. The molecule has 0 amide bonds. The quantitative estimate of drug-likeness (QED) is 0.511. The Labute approximate surface area is 99.4 Å². The summed E-state index contributed by atoms with van der Waals surface area (Å²) in [6.07, 6.45) is 6.37. The summed E-state index contributed by atoms with van der Waals surface area (Å²) in [6, 6.07) is 0.626. The molecule has 3 heteroatoms. The molecule has 1 saturated heterocycles. The summed E-state index contributed by atoms with van der Waals surface area (Å²) in [5.41, 5.74) is 0. The third-order valence-corrected chi connectivity index (χ3v) is 3.45. The molecule has 1 rings (SSSR count). The van der Waals surface area contributed by atoms with Gasteiger partial charge < -0.3 is 10.2 Å². The average Bonchev–Trinajstić information content (AvgIpc) is 2.75. The maximum Gasteiger partial charge on any atom is 0.0238 e. The molecule has 0 radical (unpaired) electrons. The van der Waals surface area contributed by atoms with Gasteiger partial charge in [0, 0.05) is 11.9 Å². The standard InChI is InChI=1S/C12H25ClN2/c1-2-12(6-7-13)14-8-5-11-15-9-3-4-10-15/h12,14H,2-11H2,1H3. The first kappa shape index (κ1) is 13.3. The van der Waals surface area contributed by atoms with E-state index in [0.29, 0.717) is 6.04 Å². The zero-order chi connectivity index (χ0) is 10.9. The fourth-order valence-electron chi connectivity index (χ4n) is 2.20. The molecule has 0 aliphatic carbocycles. The number of nitrogens with zero attached hydrogens (tertiary/aromatic N) is 1. The van der Waals surface area contributed by atoms with Crippen LogP contribution in [0.5, 0.6) is 0 Å². The predicted molar refractivity (Wildman–Crippen MR) is 67.7 cm³/mol. The van der Waals surface area contributed by atoms with Crippen molar-refractivity contribution in [3.05, 3.63) is 0 Å². The van der Waals surface area contributed by atoms with Crippen molar-refractivity contribution in [1.29, 1.82) is 0 Å². The number of hydrogen-bond acceptors (Lipinski definition) is 2. The molecule has 0 aromatic rings. The van der Waals surface area contributed by atoms with Crippen LogP contribution in [0.4, 0.5) is 0 Å². The zero-order valence-corrected chi connectivity index (χ0v) is 10.7. The minimum absolute atomic E-state index is 0.626. The maximum atomic E-state index is 5.74. The van der Waals surface area contributed by atoms with Gasteiger partial charge in [-0.25, -0.2) is 0 Å². The minimum atomic E-state index is 0.626. The van der Waals surface area contributed by atoms with Gasteiger partial charge in [0.2, 0.25) is 0 Å². The number of hydrogen-bond donors (Lipinski definition) is 1. The van der Waals surface area contributed by atoms with Crippen molar-refractivity contribution in [2.45, 2.75) is 45.1 Å². The third kappa shape index (κ3) is 5.74. The summed E-state index contributed by atoms with van der Waals surface area (Å²) in [4.78, 5) is 2.57. The largest absolute Gasteiger partial charge is 0.314 e. The summed E-state index contributed by atoms with van der Waals surface area (Å²) < 4.78 is 0. The highest BCUT2D eigenvalue weighted by molar-refractivity contribution is 6.17. The van der Waals surface area contributed by atoms with Gasteiger partial charge in [0.25, 0.3) is 0 Å². The maximum absolute atomic E-state index is 5.74. The molecule has 2 nitrogen and oxygen atoms in total. The lowest BCUT2D eigenvalue weighted by atomic mass is 10.1. The molecule has 15 heavy (non-hydrogen) atoms. The van der Waals surface area contributed by atoms with Crippen molar-refractivity contribution in [1.82, 2.24) is 10.2 Å². The number of likely N-dealkylation sites (tertiary alicyclic amines) is 1. The summed E-state index contributed by atoms with van der Waals surface area (Å²) in [6.45, 7) is 7.28. The van der Waals surface area contributed by atoms with Crippen molar-refractivity contribution in [3.63, 3.8) is 0 Å². The number of halogens is 1. The Morgan fingerprint density at radius 3 is 2.67 bits per heavy atom. The smallest absolute Gasteiger partial charge is 0.0238 e. The molecule has 1 heterocycles. The normalized spacial score (nSPS) is 19.6. The van der Waals surface area contributed by atoms with E-state index in [1.165, 1.54) is 45.3 Å². The fraction of sp³-hybridized carbons (Fsp3) is 1.00. The van der Waals surface area contributed by atoms with Crippen LogP contribution < -0.4 is 5.32 Å². The van der Waals surface area contributed by atoms with E-state index in [1.54, 1.807) is 0 Å². The molecule has 0 saturated carbocycles. The Bertz CT molecular complexity index is 147. The van der Waals surface area contributed by atoms with E-state index >= 15 is 0 Å². The first-order valence-electron chi connectivity index (χ1n) is 6.38. The molecule has 0 bridgehead atoms. The molecule has 1 unspecified atom stereocenters. The Hall–Kier alpha value is 0.210. The topological polar surface area (TPSA) is 15.3 Å². The first-order valence-corrected chi connectivity index (χ1v) is 6.92. The average molecular weight is 233 g/mol. The monoisotopic (exact) mass is 232 g/mol. The van der Waals surface area contributed by atoms with Crippen LogP contribution in [0, 0.1) is 0 Å². The van der Waals surface area contributed by atoms with Crippen molar-refractivity contribution in [3.8, 4) is 0 Å². The van der Waals surface area contributed by atoms with E-state index in [4.69, 9.17) is 11.6 Å². The van der Waals surface area contributed by atoms with Crippen molar-refractivity contribution < 1.29 is 0 Å². The molecule has 1 N–H and O–H groups in total. The van der Waals surface area contributed by atoms with Crippen LogP contribution in [0.25, 0.3) is 0 Å². The molecule has 1 fully saturated rings. The van der Waals surface area contributed by atoms with Crippen LogP contribution in [0.3, 0.4) is 0 Å². The zero-order valence-electron chi connectivity index (χ0n) is 9.97. The van der Waals surface area contributed by atoms with Crippen LogP contribution in [0.15, 0.2) is 0 Å². The molecule has 1 aliphatic heterocycles. The van der Waals surface area contributed by atoms with Gasteiger partial charge in [-0.15, -0.1) is 11.6 Å². The molecule has 0 aromatic heterocycles. The van der Waals surface area contributed by atoms with Gasteiger partial charge in [0.1, 0.15) is 0 Å². The second kappa shape index (κ2) is 8.37. The van der Waals surface area contributed by atoms with Crippen LogP contribution in [0.1, 0.15) is 39.0 Å². The predicted octanol–water partition coefficient (Wildman–Crippen LogP) is 2.47. The lowest BCUT2D eigenvalue weighted by Crippen LogP contribution is -2.32. The lowest BCUT2D eigenvalue weighted by Gasteiger charge is -2.18. The SMILES string of the molecule is CCC(CCCl)NCCCN1CCCC1. The summed E-state index contributed by atoms with van der Waals surface area (Å²) >= 11 is 5.74. The fourth-order valence-corrected chi connectivity index (χ4v) is 2.46. The number of nitrogens with one attached hydrogen (secondary N) is 1. The van der Waals surface area contributed by atoms with E-state index in [-0.39, 0.29) is 0 Å². The van der Waals surface area contributed by atoms with Gasteiger partial charge in [-0.05, 0) is 58.3 Å². The van der Waals surface area contributed by atoms with E-state index < -0.39 is 0 Å². The molecule has 90 valence electrons. The van der Waals surface area contributed by atoms with E-state index in [9.17, 15) is 0 Å². The Morgan fingerprint density at radius 2 is 2.07 bits per heavy atom. The summed E-state index contributed by atoms with van der Waals surface area (Å²) in [5, 5.41) is 3.58. The second-order valence-electron chi connectivity index (χ2n) is 4.44. The molecule has 1 atom stereocenters. The Kier molecular flexibility index (Phi) is 7.41.